The van der Waals surface area contributed by atoms with E-state index in [2.05, 4.69) is 40.2 Å². The molecule has 0 amide bonds. The number of benzene rings is 1. The van der Waals surface area contributed by atoms with Gasteiger partial charge in [-0.15, -0.1) is 0 Å². The van der Waals surface area contributed by atoms with E-state index in [0.717, 1.165) is 17.7 Å². The molecule has 0 aromatic heterocycles. The van der Waals surface area contributed by atoms with Crippen LogP contribution in [0, 0.1) is 5.92 Å². The molecule has 1 saturated heterocycles. The van der Waals surface area contributed by atoms with Gasteiger partial charge in [0.15, 0.2) is 9.84 Å². The number of hydrogen-bond acceptors (Lipinski definition) is 3. The van der Waals surface area contributed by atoms with Crippen LogP contribution in [0.25, 0.3) is 0 Å². The van der Waals surface area contributed by atoms with Gasteiger partial charge in [0.05, 0.1) is 11.5 Å². The molecule has 0 saturated carbocycles. The highest BCUT2D eigenvalue weighted by Crippen LogP contribution is 2.38. The molecule has 0 spiro atoms. The van der Waals surface area contributed by atoms with E-state index in [4.69, 9.17) is 0 Å². The summed E-state index contributed by atoms with van der Waals surface area (Å²) in [4.78, 5) is 2.18. The number of sulfone groups is 1. The molecule has 18 heavy (non-hydrogen) atoms. The fourth-order valence-corrected chi connectivity index (χ4v) is 5.13. The zero-order chi connectivity index (χ0) is 13.3. The van der Waals surface area contributed by atoms with Crippen molar-refractivity contribution in [3.05, 3.63) is 29.8 Å². The van der Waals surface area contributed by atoms with Gasteiger partial charge in [0.2, 0.25) is 0 Å². The van der Waals surface area contributed by atoms with Gasteiger partial charge in [0.25, 0.3) is 0 Å². The summed E-state index contributed by atoms with van der Waals surface area (Å²) < 4.78 is 23.0. The number of hydrogen-bond donors (Lipinski definition) is 0. The molecule has 0 bridgehead atoms. The first-order valence-corrected chi connectivity index (χ1v) is 8.74. The molecule has 1 aromatic rings. The van der Waals surface area contributed by atoms with Gasteiger partial charge in [-0.2, -0.15) is 0 Å². The van der Waals surface area contributed by atoms with E-state index >= 15 is 0 Å². The first-order chi connectivity index (χ1) is 8.39. The van der Waals surface area contributed by atoms with Crippen molar-refractivity contribution in [2.75, 3.05) is 30.5 Å². The predicted molar refractivity (Wildman–Crippen MR) is 79.2 cm³/mol. The van der Waals surface area contributed by atoms with E-state index in [9.17, 15) is 8.42 Å². The van der Waals surface area contributed by atoms with Crippen LogP contribution in [-0.2, 0) is 9.84 Å². The van der Waals surface area contributed by atoms with Gasteiger partial charge >= 0.3 is 0 Å². The Labute approximate surface area is 117 Å². The van der Waals surface area contributed by atoms with E-state index in [1.54, 1.807) is 0 Å². The average molecular weight is 332 g/mol. The molecule has 1 aliphatic heterocycles. The number of anilines is 1. The second-order valence-electron chi connectivity index (χ2n) is 5.05. The smallest absolute Gasteiger partial charge is 0.150 e. The standard InChI is InChI=1S/C13H18BrNO2S/c1-15(2)12-5-3-10(4-6-12)13(14)11-7-8-18(16,17)9-11/h3-6,11,13H,7-9H2,1-2H3. The van der Waals surface area contributed by atoms with E-state index in [1.807, 2.05) is 19.0 Å². The van der Waals surface area contributed by atoms with Crippen molar-refractivity contribution in [2.24, 2.45) is 5.92 Å². The Balaban J connectivity index is 2.12. The molecule has 0 N–H and O–H groups in total. The Morgan fingerprint density at radius 1 is 1.28 bits per heavy atom. The molecule has 100 valence electrons. The highest BCUT2D eigenvalue weighted by Gasteiger charge is 2.33. The fourth-order valence-electron chi connectivity index (χ4n) is 2.28. The molecule has 0 radical (unpaired) electrons. The summed E-state index contributed by atoms with van der Waals surface area (Å²) in [5.74, 6) is 0.827. The Kier molecular flexibility index (Phi) is 4.02. The molecule has 0 aliphatic carbocycles. The zero-order valence-corrected chi connectivity index (χ0v) is 13.0. The van der Waals surface area contributed by atoms with Crippen molar-refractivity contribution in [3.8, 4) is 0 Å². The van der Waals surface area contributed by atoms with Crippen molar-refractivity contribution >= 4 is 31.5 Å². The molecular formula is C13H18BrNO2S. The van der Waals surface area contributed by atoms with Crippen LogP contribution in [0.4, 0.5) is 5.69 Å². The van der Waals surface area contributed by atoms with E-state index in [1.165, 1.54) is 0 Å². The molecule has 1 aromatic carbocycles. The maximum Gasteiger partial charge on any atom is 0.150 e. The minimum absolute atomic E-state index is 0.131. The van der Waals surface area contributed by atoms with Crippen LogP contribution >= 0.6 is 15.9 Å². The second kappa shape index (κ2) is 5.21. The van der Waals surface area contributed by atoms with Crippen LogP contribution in [-0.4, -0.2) is 34.0 Å². The second-order valence-corrected chi connectivity index (χ2v) is 8.27. The van der Waals surface area contributed by atoms with E-state index in [0.29, 0.717) is 11.5 Å². The number of halogens is 1. The third-order valence-corrected chi connectivity index (χ3v) is 6.48. The fraction of sp³-hybridized carbons (Fsp3) is 0.538. The third-order valence-electron chi connectivity index (χ3n) is 3.41. The molecule has 2 unspecified atom stereocenters. The molecular weight excluding hydrogens is 314 g/mol. The third kappa shape index (κ3) is 3.06. The first kappa shape index (κ1) is 13.9. The lowest BCUT2D eigenvalue weighted by atomic mass is 9.98. The van der Waals surface area contributed by atoms with Gasteiger partial charge in [0, 0.05) is 24.6 Å². The summed E-state index contributed by atoms with van der Waals surface area (Å²) in [5.41, 5.74) is 2.31. The number of nitrogens with zero attached hydrogens (tertiary/aromatic N) is 1. The monoisotopic (exact) mass is 331 g/mol. The maximum atomic E-state index is 11.5. The van der Waals surface area contributed by atoms with Crippen LogP contribution in [0.1, 0.15) is 16.8 Å². The lowest BCUT2D eigenvalue weighted by Crippen LogP contribution is -2.11. The van der Waals surface area contributed by atoms with Gasteiger partial charge in [-0.1, -0.05) is 28.1 Å². The molecule has 1 aliphatic rings. The lowest BCUT2D eigenvalue weighted by molar-refractivity contribution is 0.580. The van der Waals surface area contributed by atoms with Crippen molar-refractivity contribution in [1.29, 1.82) is 0 Å². The highest BCUT2D eigenvalue weighted by atomic mass is 79.9. The summed E-state index contributed by atoms with van der Waals surface area (Å²) >= 11 is 3.65. The first-order valence-electron chi connectivity index (χ1n) is 6.01. The number of rotatable bonds is 3. The van der Waals surface area contributed by atoms with Gasteiger partial charge in [-0.05, 0) is 30.0 Å². The maximum absolute atomic E-state index is 11.5. The van der Waals surface area contributed by atoms with Gasteiger partial charge in [-0.3, -0.25) is 0 Å². The molecule has 2 atom stereocenters. The summed E-state index contributed by atoms with van der Waals surface area (Å²) in [6.45, 7) is 0. The van der Waals surface area contributed by atoms with Crippen LogP contribution in [0.15, 0.2) is 24.3 Å². The van der Waals surface area contributed by atoms with Gasteiger partial charge in [-0.25, -0.2) is 8.42 Å². The molecule has 2 rings (SSSR count). The average Bonchev–Trinajstić information content (AvgIpc) is 2.69. The van der Waals surface area contributed by atoms with Crippen LogP contribution in [0.5, 0.6) is 0 Å². The summed E-state index contributed by atoms with van der Waals surface area (Å²) in [7, 11) is 1.20. The minimum Gasteiger partial charge on any atom is -0.378 e. The topological polar surface area (TPSA) is 37.4 Å². The lowest BCUT2D eigenvalue weighted by Gasteiger charge is -2.18. The largest absolute Gasteiger partial charge is 0.378 e. The molecule has 3 nitrogen and oxygen atoms in total. The Morgan fingerprint density at radius 2 is 1.89 bits per heavy atom. The highest BCUT2D eigenvalue weighted by molar-refractivity contribution is 9.09. The van der Waals surface area contributed by atoms with Crippen molar-refractivity contribution in [3.63, 3.8) is 0 Å². The normalized spacial score (nSPS) is 23.8. The quantitative estimate of drug-likeness (QED) is 0.799. The SMILES string of the molecule is CN(C)c1ccc(C(Br)C2CCS(=O)(=O)C2)cc1. The van der Waals surface area contributed by atoms with Crippen molar-refractivity contribution in [1.82, 2.24) is 0 Å². The predicted octanol–water partition coefficient (Wildman–Crippen LogP) is 2.62. The van der Waals surface area contributed by atoms with E-state index in [-0.39, 0.29) is 10.7 Å². The van der Waals surface area contributed by atoms with Gasteiger partial charge < -0.3 is 4.90 Å². The Bertz CT molecular complexity index is 510. The minimum atomic E-state index is -2.81. The summed E-state index contributed by atoms with van der Waals surface area (Å²) in [5, 5.41) is 0. The molecule has 1 heterocycles. The zero-order valence-electron chi connectivity index (χ0n) is 10.6. The van der Waals surface area contributed by atoms with Crippen molar-refractivity contribution in [2.45, 2.75) is 11.2 Å². The van der Waals surface area contributed by atoms with E-state index < -0.39 is 9.84 Å². The van der Waals surface area contributed by atoms with Crippen LogP contribution < -0.4 is 4.90 Å². The Hall–Kier alpha value is -0.550. The summed E-state index contributed by atoms with van der Waals surface area (Å²) in [6.07, 6.45) is 0.758. The molecule has 5 heteroatoms. The van der Waals surface area contributed by atoms with Crippen molar-refractivity contribution < 1.29 is 8.42 Å². The van der Waals surface area contributed by atoms with Crippen LogP contribution in [0.3, 0.4) is 0 Å². The Morgan fingerprint density at radius 3 is 2.33 bits per heavy atom. The summed E-state index contributed by atoms with van der Waals surface area (Å²) in [6, 6.07) is 8.26. The number of alkyl halides is 1. The van der Waals surface area contributed by atoms with Crippen LogP contribution in [0.2, 0.25) is 0 Å². The molecule has 1 fully saturated rings. The van der Waals surface area contributed by atoms with Gasteiger partial charge in [0.1, 0.15) is 0 Å².